The Morgan fingerprint density at radius 3 is 2.46 bits per heavy atom. The molecule has 1 aromatic rings. The number of nitrogens with zero attached hydrogens (tertiary/aromatic N) is 1. The molecule has 0 aliphatic carbocycles. The molecule has 0 aromatic heterocycles. The van der Waals surface area contributed by atoms with Crippen molar-refractivity contribution in [3.8, 4) is 0 Å². The number of hydrogen-bond donors (Lipinski definition) is 2. The first-order valence-electron chi connectivity index (χ1n) is 7.66. The van der Waals surface area contributed by atoms with E-state index in [2.05, 4.69) is 10.6 Å². The van der Waals surface area contributed by atoms with E-state index in [1.165, 1.54) is 4.90 Å². The molecule has 2 N–H and O–H groups in total. The summed E-state index contributed by atoms with van der Waals surface area (Å²) in [5.74, 6) is -0.466. The van der Waals surface area contributed by atoms with Crippen LogP contribution in [0.25, 0.3) is 0 Å². The lowest BCUT2D eigenvalue weighted by Crippen LogP contribution is -2.57. The van der Waals surface area contributed by atoms with E-state index in [0.717, 1.165) is 11.1 Å². The van der Waals surface area contributed by atoms with Gasteiger partial charge in [0.15, 0.2) is 0 Å². The van der Waals surface area contributed by atoms with Gasteiger partial charge in [-0.25, -0.2) is 0 Å². The van der Waals surface area contributed by atoms with Crippen molar-refractivity contribution in [2.75, 3.05) is 32.7 Å². The first-order valence-corrected chi connectivity index (χ1v) is 7.66. The Labute approximate surface area is 146 Å². The fraction of sp³-hybridized carbons (Fsp3) is 0.562. The van der Waals surface area contributed by atoms with Crippen LogP contribution in [0, 0.1) is 13.8 Å². The van der Waals surface area contributed by atoms with Gasteiger partial charge in [0, 0.05) is 38.3 Å². The molecule has 1 aromatic carbocycles. The zero-order valence-corrected chi connectivity index (χ0v) is 14.6. The van der Waals surface area contributed by atoms with Crippen molar-refractivity contribution in [2.24, 2.45) is 0 Å². The highest BCUT2D eigenvalue weighted by atomic mass is 35.5. The van der Waals surface area contributed by atoms with Crippen LogP contribution in [0.15, 0.2) is 18.2 Å². The van der Waals surface area contributed by atoms with Crippen LogP contribution in [0.3, 0.4) is 0 Å². The number of amides is 1. The Bertz CT molecular complexity index is 560. The lowest BCUT2D eigenvalue weighted by Gasteiger charge is -2.35. The molecule has 1 fully saturated rings. The molecule has 1 saturated heterocycles. The van der Waals surface area contributed by atoms with E-state index in [9.17, 15) is 18.0 Å². The van der Waals surface area contributed by atoms with E-state index in [1.807, 2.05) is 13.0 Å². The smallest absolute Gasteiger partial charge is 0.350 e. The van der Waals surface area contributed by atoms with Gasteiger partial charge in [0.25, 0.3) is 5.91 Å². The lowest BCUT2D eigenvalue weighted by molar-refractivity contribution is -0.183. The normalized spacial score (nSPS) is 17.0. The highest BCUT2D eigenvalue weighted by Gasteiger charge is 2.43. The summed E-state index contributed by atoms with van der Waals surface area (Å²) in [5.41, 5.74) is 2.18. The summed E-state index contributed by atoms with van der Waals surface area (Å²) < 4.78 is 39.8. The average molecular weight is 366 g/mol. The SMILES string of the molecule is Cc1ccc(C(=O)NCC(N2CCNCC2)C(F)(F)F)c(C)c1.Cl. The molecule has 1 aliphatic rings. The summed E-state index contributed by atoms with van der Waals surface area (Å²) in [4.78, 5) is 13.6. The Morgan fingerprint density at radius 1 is 1.29 bits per heavy atom. The predicted molar refractivity (Wildman–Crippen MR) is 89.8 cm³/mol. The van der Waals surface area contributed by atoms with E-state index in [4.69, 9.17) is 0 Å². The average Bonchev–Trinajstić information content (AvgIpc) is 2.47. The zero-order chi connectivity index (χ0) is 17.0. The second kappa shape index (κ2) is 8.69. The molecule has 8 heteroatoms. The van der Waals surface area contributed by atoms with E-state index in [0.29, 0.717) is 31.7 Å². The largest absolute Gasteiger partial charge is 0.405 e. The highest BCUT2D eigenvalue weighted by molar-refractivity contribution is 5.95. The Balaban J connectivity index is 0.00000288. The molecule has 0 radical (unpaired) electrons. The molecule has 1 unspecified atom stereocenters. The number of halogens is 4. The zero-order valence-electron chi connectivity index (χ0n) is 13.7. The number of hydrogen-bond acceptors (Lipinski definition) is 3. The number of carbonyl (C=O) groups is 1. The van der Waals surface area contributed by atoms with Crippen LogP contribution in [0.5, 0.6) is 0 Å². The quantitative estimate of drug-likeness (QED) is 0.860. The number of aryl methyl sites for hydroxylation is 2. The van der Waals surface area contributed by atoms with Crippen LogP contribution in [0.1, 0.15) is 21.5 Å². The van der Waals surface area contributed by atoms with E-state index >= 15 is 0 Å². The van der Waals surface area contributed by atoms with E-state index in [-0.39, 0.29) is 12.4 Å². The minimum Gasteiger partial charge on any atom is -0.350 e. The van der Waals surface area contributed by atoms with Crippen LogP contribution in [0.2, 0.25) is 0 Å². The number of nitrogens with one attached hydrogen (secondary N) is 2. The van der Waals surface area contributed by atoms with Gasteiger partial charge in [0.05, 0.1) is 0 Å². The molecule has 24 heavy (non-hydrogen) atoms. The summed E-state index contributed by atoms with van der Waals surface area (Å²) in [6.07, 6.45) is -4.37. The molecule has 1 amide bonds. The third-order valence-electron chi connectivity index (χ3n) is 4.05. The van der Waals surface area contributed by atoms with Gasteiger partial charge >= 0.3 is 6.18 Å². The van der Waals surface area contributed by atoms with Crippen molar-refractivity contribution in [3.05, 3.63) is 34.9 Å². The first-order chi connectivity index (χ1) is 10.8. The van der Waals surface area contributed by atoms with Crippen LogP contribution in [-0.2, 0) is 0 Å². The fourth-order valence-corrected chi connectivity index (χ4v) is 2.80. The van der Waals surface area contributed by atoms with Crippen molar-refractivity contribution in [1.29, 1.82) is 0 Å². The topological polar surface area (TPSA) is 44.4 Å². The number of alkyl halides is 3. The monoisotopic (exact) mass is 365 g/mol. The van der Waals surface area contributed by atoms with E-state index in [1.54, 1.807) is 19.1 Å². The van der Waals surface area contributed by atoms with Gasteiger partial charge in [-0.15, -0.1) is 12.4 Å². The summed E-state index contributed by atoms with van der Waals surface area (Å²) in [6.45, 7) is 4.94. The van der Waals surface area contributed by atoms with E-state index < -0.39 is 24.7 Å². The Hall–Kier alpha value is -1.31. The van der Waals surface area contributed by atoms with Crippen molar-refractivity contribution in [3.63, 3.8) is 0 Å². The molecule has 1 aliphatic heterocycles. The number of benzene rings is 1. The Morgan fingerprint density at radius 2 is 1.92 bits per heavy atom. The maximum absolute atomic E-state index is 13.3. The highest BCUT2D eigenvalue weighted by Crippen LogP contribution is 2.25. The summed E-state index contributed by atoms with van der Waals surface area (Å²) in [5, 5.41) is 5.47. The van der Waals surface area contributed by atoms with Crippen molar-refractivity contribution < 1.29 is 18.0 Å². The molecule has 4 nitrogen and oxygen atoms in total. The van der Waals surface area contributed by atoms with Crippen LogP contribution in [-0.4, -0.2) is 55.7 Å². The number of rotatable bonds is 4. The lowest BCUT2D eigenvalue weighted by atomic mass is 10.1. The van der Waals surface area contributed by atoms with Crippen LogP contribution < -0.4 is 10.6 Å². The molecule has 0 bridgehead atoms. The molecular formula is C16H23ClF3N3O. The number of piperazine rings is 1. The van der Waals surface area contributed by atoms with Gasteiger partial charge in [-0.1, -0.05) is 17.7 Å². The van der Waals surface area contributed by atoms with Crippen molar-refractivity contribution in [2.45, 2.75) is 26.1 Å². The second-order valence-electron chi connectivity index (χ2n) is 5.87. The Kier molecular flexibility index (Phi) is 7.51. The molecule has 0 saturated carbocycles. The minimum absolute atomic E-state index is 0. The molecule has 136 valence electrons. The third-order valence-corrected chi connectivity index (χ3v) is 4.05. The van der Waals surface area contributed by atoms with Gasteiger partial charge in [-0.2, -0.15) is 13.2 Å². The van der Waals surface area contributed by atoms with Crippen LogP contribution >= 0.6 is 12.4 Å². The maximum Gasteiger partial charge on any atom is 0.405 e. The first kappa shape index (κ1) is 20.7. The summed E-state index contributed by atoms with van der Waals surface area (Å²) in [6, 6.07) is 3.61. The standard InChI is InChI=1S/C16H22F3N3O.ClH/c1-11-3-4-13(12(2)9-11)15(23)21-10-14(16(17,18)19)22-7-5-20-6-8-22;/h3-4,9,14,20H,5-8,10H2,1-2H3,(H,21,23);1H. The third kappa shape index (κ3) is 5.36. The molecule has 1 heterocycles. The molecule has 1 atom stereocenters. The molecule has 0 spiro atoms. The van der Waals surface area contributed by atoms with Gasteiger partial charge in [0.1, 0.15) is 6.04 Å². The summed E-state index contributed by atoms with van der Waals surface area (Å²) in [7, 11) is 0. The van der Waals surface area contributed by atoms with Gasteiger partial charge in [0.2, 0.25) is 0 Å². The van der Waals surface area contributed by atoms with Crippen molar-refractivity contribution >= 4 is 18.3 Å². The fourth-order valence-electron chi connectivity index (χ4n) is 2.80. The second-order valence-corrected chi connectivity index (χ2v) is 5.87. The van der Waals surface area contributed by atoms with Crippen molar-refractivity contribution in [1.82, 2.24) is 15.5 Å². The molecule has 2 rings (SSSR count). The molecular weight excluding hydrogens is 343 g/mol. The van der Waals surface area contributed by atoms with Gasteiger partial charge < -0.3 is 10.6 Å². The maximum atomic E-state index is 13.3. The summed E-state index contributed by atoms with van der Waals surface area (Å²) >= 11 is 0. The predicted octanol–water partition coefficient (Wildman–Crippen LogP) is 2.29. The van der Waals surface area contributed by atoms with Gasteiger partial charge in [-0.05, 0) is 25.5 Å². The van der Waals surface area contributed by atoms with Gasteiger partial charge in [-0.3, -0.25) is 9.69 Å². The minimum atomic E-state index is -4.37. The number of carbonyl (C=O) groups excluding carboxylic acids is 1. The van der Waals surface area contributed by atoms with Crippen LogP contribution in [0.4, 0.5) is 13.2 Å².